The molecule has 0 radical (unpaired) electrons. The molecule has 0 atom stereocenters. The average Bonchev–Trinajstić information content (AvgIpc) is 2.76. The fourth-order valence-corrected chi connectivity index (χ4v) is 1.01. The Labute approximate surface area is 94.0 Å². The van der Waals surface area contributed by atoms with Crippen molar-refractivity contribution in [2.24, 2.45) is 5.10 Å². The van der Waals surface area contributed by atoms with Crippen LogP contribution in [0.4, 0.5) is 0 Å². The van der Waals surface area contributed by atoms with Crippen molar-refractivity contribution in [2.75, 3.05) is 6.54 Å². The molecule has 1 heterocycles. The zero-order chi connectivity index (χ0) is 11.1. The molecule has 0 aromatic carbocycles. The number of nitrogens with one attached hydrogen (secondary N) is 2. The number of rotatable bonds is 4. The molecule has 2 N–H and O–H groups in total. The zero-order valence-corrected chi connectivity index (χ0v) is 9.30. The summed E-state index contributed by atoms with van der Waals surface area (Å²) >= 11 is 4.96. The van der Waals surface area contributed by atoms with Crippen molar-refractivity contribution in [3.63, 3.8) is 0 Å². The van der Waals surface area contributed by atoms with Gasteiger partial charge in [-0.3, -0.25) is 5.43 Å². The third-order valence-electron chi connectivity index (χ3n) is 1.61. The SMILES string of the molecule is C=CCNC(=S)N/N=C(\C)c1ccco1. The Bertz CT molecular complexity index is 357. The maximum absolute atomic E-state index is 5.16. The second-order valence-electron chi connectivity index (χ2n) is 2.79. The van der Waals surface area contributed by atoms with Gasteiger partial charge in [-0.2, -0.15) is 5.10 Å². The van der Waals surface area contributed by atoms with Crippen molar-refractivity contribution in [1.29, 1.82) is 0 Å². The predicted molar refractivity (Wildman–Crippen MR) is 64.9 cm³/mol. The van der Waals surface area contributed by atoms with E-state index in [2.05, 4.69) is 22.4 Å². The molecular weight excluding hydrogens is 210 g/mol. The van der Waals surface area contributed by atoms with E-state index in [9.17, 15) is 0 Å². The Balaban J connectivity index is 2.44. The van der Waals surface area contributed by atoms with E-state index in [1.54, 1.807) is 12.3 Å². The molecule has 0 aliphatic rings. The molecule has 0 saturated heterocycles. The fourth-order valence-electron chi connectivity index (χ4n) is 0.879. The topological polar surface area (TPSA) is 49.6 Å². The van der Waals surface area contributed by atoms with Crippen molar-refractivity contribution in [1.82, 2.24) is 10.7 Å². The van der Waals surface area contributed by atoms with Crippen LogP contribution in [0.3, 0.4) is 0 Å². The van der Waals surface area contributed by atoms with Crippen LogP contribution < -0.4 is 10.7 Å². The molecule has 0 spiro atoms. The van der Waals surface area contributed by atoms with Gasteiger partial charge in [0.15, 0.2) is 5.11 Å². The minimum atomic E-state index is 0.459. The minimum Gasteiger partial charge on any atom is -0.463 e. The summed E-state index contributed by atoms with van der Waals surface area (Å²) in [7, 11) is 0. The summed E-state index contributed by atoms with van der Waals surface area (Å²) in [6.45, 7) is 6.02. The second kappa shape index (κ2) is 5.98. The first-order valence-electron chi connectivity index (χ1n) is 4.47. The van der Waals surface area contributed by atoms with Crippen LogP contribution in [0.2, 0.25) is 0 Å². The average molecular weight is 223 g/mol. The second-order valence-corrected chi connectivity index (χ2v) is 3.19. The number of hydrogen-bond acceptors (Lipinski definition) is 3. The first kappa shape index (κ1) is 11.5. The van der Waals surface area contributed by atoms with Crippen molar-refractivity contribution >= 4 is 23.0 Å². The lowest BCUT2D eigenvalue weighted by atomic mass is 10.3. The molecule has 1 aromatic rings. The van der Waals surface area contributed by atoms with Crippen molar-refractivity contribution in [3.8, 4) is 0 Å². The van der Waals surface area contributed by atoms with Crippen molar-refractivity contribution in [2.45, 2.75) is 6.92 Å². The van der Waals surface area contributed by atoms with Crippen LogP contribution in [-0.2, 0) is 0 Å². The van der Waals surface area contributed by atoms with Crippen LogP contribution in [0.1, 0.15) is 12.7 Å². The lowest BCUT2D eigenvalue weighted by Gasteiger charge is -2.04. The van der Waals surface area contributed by atoms with Crippen LogP contribution in [0.15, 0.2) is 40.6 Å². The molecular formula is C10H13N3OS. The summed E-state index contributed by atoms with van der Waals surface area (Å²) < 4.78 is 5.16. The molecule has 5 heteroatoms. The van der Waals surface area contributed by atoms with E-state index >= 15 is 0 Å². The Morgan fingerprint density at radius 2 is 2.53 bits per heavy atom. The highest BCUT2D eigenvalue weighted by Crippen LogP contribution is 2.00. The molecule has 0 unspecified atom stereocenters. The number of nitrogens with zero attached hydrogens (tertiary/aromatic N) is 1. The van der Waals surface area contributed by atoms with Gasteiger partial charge >= 0.3 is 0 Å². The van der Waals surface area contributed by atoms with Crippen LogP contribution in [0.25, 0.3) is 0 Å². The Hall–Kier alpha value is -1.62. The van der Waals surface area contributed by atoms with Crippen LogP contribution in [0, 0.1) is 0 Å². The molecule has 0 saturated carbocycles. The van der Waals surface area contributed by atoms with Gasteiger partial charge in [0.1, 0.15) is 11.5 Å². The van der Waals surface area contributed by atoms with Gasteiger partial charge in [-0.1, -0.05) is 6.08 Å². The van der Waals surface area contributed by atoms with Gasteiger partial charge in [0.05, 0.1) is 6.26 Å². The molecule has 0 aliphatic carbocycles. The zero-order valence-electron chi connectivity index (χ0n) is 8.49. The third kappa shape index (κ3) is 3.95. The van der Waals surface area contributed by atoms with E-state index in [-0.39, 0.29) is 0 Å². The Morgan fingerprint density at radius 1 is 1.73 bits per heavy atom. The molecule has 0 bridgehead atoms. The fraction of sp³-hybridized carbons (Fsp3) is 0.200. The Kier molecular flexibility index (Phi) is 4.56. The lowest BCUT2D eigenvalue weighted by molar-refractivity contribution is 0.556. The summed E-state index contributed by atoms with van der Waals surface area (Å²) in [6.07, 6.45) is 3.32. The molecule has 1 rings (SSSR count). The van der Waals surface area contributed by atoms with E-state index in [1.165, 1.54) is 0 Å². The number of hydrazone groups is 1. The first-order valence-corrected chi connectivity index (χ1v) is 4.87. The quantitative estimate of drug-likeness (QED) is 0.353. The smallest absolute Gasteiger partial charge is 0.187 e. The van der Waals surface area contributed by atoms with E-state index in [0.717, 1.165) is 5.71 Å². The number of hydrogen-bond donors (Lipinski definition) is 2. The molecule has 1 aromatic heterocycles. The highest BCUT2D eigenvalue weighted by molar-refractivity contribution is 7.80. The summed E-state index contributed by atoms with van der Waals surface area (Å²) in [5.41, 5.74) is 3.44. The van der Waals surface area contributed by atoms with Gasteiger partial charge in [0.2, 0.25) is 0 Å². The summed E-state index contributed by atoms with van der Waals surface area (Å²) in [4.78, 5) is 0. The van der Waals surface area contributed by atoms with Gasteiger partial charge in [-0.25, -0.2) is 0 Å². The molecule has 0 amide bonds. The molecule has 80 valence electrons. The number of thiocarbonyl (C=S) groups is 1. The monoisotopic (exact) mass is 223 g/mol. The lowest BCUT2D eigenvalue weighted by Crippen LogP contribution is -2.32. The molecule has 0 fully saturated rings. The largest absolute Gasteiger partial charge is 0.463 e. The van der Waals surface area contributed by atoms with Crippen LogP contribution in [-0.4, -0.2) is 17.4 Å². The van der Waals surface area contributed by atoms with Gasteiger partial charge in [-0.05, 0) is 31.3 Å². The van der Waals surface area contributed by atoms with E-state index in [4.69, 9.17) is 16.6 Å². The van der Waals surface area contributed by atoms with E-state index in [0.29, 0.717) is 17.4 Å². The highest BCUT2D eigenvalue weighted by atomic mass is 32.1. The van der Waals surface area contributed by atoms with Crippen molar-refractivity contribution in [3.05, 3.63) is 36.8 Å². The standard InChI is InChI=1S/C10H13N3OS/c1-3-6-11-10(15)13-12-8(2)9-5-4-7-14-9/h3-5,7H,1,6H2,2H3,(H2,11,13,15)/b12-8+. The maximum Gasteiger partial charge on any atom is 0.187 e. The highest BCUT2D eigenvalue weighted by Gasteiger charge is 1.99. The predicted octanol–water partition coefficient (Wildman–Crippen LogP) is 1.65. The van der Waals surface area contributed by atoms with Gasteiger partial charge in [0, 0.05) is 6.54 Å². The first-order chi connectivity index (χ1) is 7.24. The van der Waals surface area contributed by atoms with Crippen molar-refractivity contribution < 1.29 is 4.42 Å². The van der Waals surface area contributed by atoms with E-state index in [1.807, 2.05) is 19.1 Å². The summed E-state index contributed by atoms with van der Waals surface area (Å²) in [6, 6.07) is 3.64. The molecule has 4 nitrogen and oxygen atoms in total. The van der Waals surface area contributed by atoms with E-state index < -0.39 is 0 Å². The summed E-state index contributed by atoms with van der Waals surface area (Å²) in [5, 5.41) is 7.41. The Morgan fingerprint density at radius 3 is 3.13 bits per heavy atom. The summed E-state index contributed by atoms with van der Waals surface area (Å²) in [5.74, 6) is 0.717. The van der Waals surface area contributed by atoms with Gasteiger partial charge < -0.3 is 9.73 Å². The number of furan rings is 1. The normalized spacial score (nSPS) is 10.9. The molecule has 0 aliphatic heterocycles. The third-order valence-corrected chi connectivity index (χ3v) is 1.85. The van der Waals surface area contributed by atoms with Gasteiger partial charge in [0.25, 0.3) is 0 Å². The van der Waals surface area contributed by atoms with Crippen LogP contribution >= 0.6 is 12.2 Å². The van der Waals surface area contributed by atoms with Gasteiger partial charge in [-0.15, -0.1) is 6.58 Å². The van der Waals surface area contributed by atoms with Crippen LogP contribution in [0.5, 0.6) is 0 Å². The minimum absolute atomic E-state index is 0.459. The maximum atomic E-state index is 5.16. The molecule has 15 heavy (non-hydrogen) atoms.